The molecule has 5 nitrogen and oxygen atoms in total. The fourth-order valence-electron chi connectivity index (χ4n) is 4.11. The van der Waals surface area contributed by atoms with Crippen molar-refractivity contribution < 1.29 is 0 Å². The van der Waals surface area contributed by atoms with Crippen molar-refractivity contribution >= 4 is 16.7 Å². The summed E-state index contributed by atoms with van der Waals surface area (Å²) >= 11 is 0. The van der Waals surface area contributed by atoms with Crippen LogP contribution in [0.5, 0.6) is 0 Å². The normalized spacial score (nSPS) is 18.2. The van der Waals surface area contributed by atoms with Crippen molar-refractivity contribution in [3.05, 3.63) is 37.2 Å². The van der Waals surface area contributed by atoms with E-state index in [0.717, 1.165) is 41.7 Å². The zero-order chi connectivity index (χ0) is 17.2. The number of hydrogen-bond acceptors (Lipinski definition) is 4. The number of nitrogens with one attached hydrogen (secondary N) is 1. The van der Waals surface area contributed by atoms with E-state index in [2.05, 4.69) is 44.7 Å². The average Bonchev–Trinajstić information content (AvgIpc) is 3.06. The lowest BCUT2D eigenvalue weighted by atomic mass is 9.89. The molecule has 5 heteroatoms. The highest BCUT2D eigenvalue weighted by atomic mass is 15.1. The second kappa shape index (κ2) is 6.82. The van der Waals surface area contributed by atoms with E-state index >= 15 is 0 Å². The van der Waals surface area contributed by atoms with E-state index in [9.17, 15) is 0 Å². The molecule has 25 heavy (non-hydrogen) atoms. The average molecular weight is 335 g/mol. The Kier molecular flexibility index (Phi) is 4.38. The molecule has 4 rings (SSSR count). The van der Waals surface area contributed by atoms with Gasteiger partial charge in [-0.25, -0.2) is 15.0 Å². The fourth-order valence-corrected chi connectivity index (χ4v) is 4.11. The molecule has 4 heterocycles. The van der Waals surface area contributed by atoms with Gasteiger partial charge in [-0.15, -0.1) is 0 Å². The smallest absolute Gasteiger partial charge is 0.139 e. The van der Waals surface area contributed by atoms with Crippen molar-refractivity contribution in [2.24, 2.45) is 11.8 Å². The Bertz CT molecular complexity index is 840. The van der Waals surface area contributed by atoms with Crippen LogP contribution in [0.4, 0.5) is 5.69 Å². The monoisotopic (exact) mass is 335 g/mol. The first kappa shape index (κ1) is 16.1. The standard InChI is InChI=1S/C20H25N5/c1-14(2)8-15-4-3-7-25(12-15)18-5-6-23-20-19(18)17(11-24-20)16-9-21-13-22-10-16/h5-6,9-11,13-15H,3-4,7-8,12H2,1-2H3,(H,23,24)/t15-/m1/s1. The third-order valence-corrected chi connectivity index (χ3v) is 5.09. The molecule has 0 aromatic carbocycles. The summed E-state index contributed by atoms with van der Waals surface area (Å²) in [5.74, 6) is 1.53. The Balaban J connectivity index is 1.73. The van der Waals surface area contributed by atoms with Crippen molar-refractivity contribution in [3.63, 3.8) is 0 Å². The second-order valence-electron chi connectivity index (χ2n) is 7.47. The van der Waals surface area contributed by atoms with Crippen LogP contribution in [0.3, 0.4) is 0 Å². The lowest BCUT2D eigenvalue weighted by Gasteiger charge is -2.35. The summed E-state index contributed by atoms with van der Waals surface area (Å²) in [6.07, 6.45) is 13.1. The predicted octanol–water partition coefficient (Wildman–Crippen LogP) is 4.28. The molecule has 0 aliphatic carbocycles. The Morgan fingerprint density at radius 3 is 2.92 bits per heavy atom. The SMILES string of the molecule is CC(C)C[C@H]1CCCN(c2ccnc3[nH]cc(-c4cncnc4)c23)C1. The zero-order valence-corrected chi connectivity index (χ0v) is 14.9. The Morgan fingerprint density at radius 2 is 2.12 bits per heavy atom. The van der Waals surface area contributed by atoms with Gasteiger partial charge in [0.25, 0.3) is 0 Å². The summed E-state index contributed by atoms with van der Waals surface area (Å²) in [6, 6.07) is 2.15. The molecule has 1 aliphatic rings. The van der Waals surface area contributed by atoms with E-state index in [1.807, 2.05) is 24.8 Å². The number of piperidine rings is 1. The van der Waals surface area contributed by atoms with Crippen LogP contribution in [0.25, 0.3) is 22.2 Å². The first-order chi connectivity index (χ1) is 12.2. The van der Waals surface area contributed by atoms with E-state index < -0.39 is 0 Å². The number of fused-ring (bicyclic) bond motifs is 1. The van der Waals surface area contributed by atoms with Gasteiger partial charge in [-0.3, -0.25) is 0 Å². The van der Waals surface area contributed by atoms with Gasteiger partial charge in [0.1, 0.15) is 12.0 Å². The third-order valence-electron chi connectivity index (χ3n) is 5.09. The molecule has 1 N–H and O–H groups in total. The highest BCUT2D eigenvalue weighted by Gasteiger charge is 2.23. The molecule has 0 radical (unpaired) electrons. The molecule has 1 aliphatic heterocycles. The molecule has 1 saturated heterocycles. The Morgan fingerprint density at radius 1 is 1.28 bits per heavy atom. The molecule has 3 aromatic rings. The van der Waals surface area contributed by atoms with E-state index in [-0.39, 0.29) is 0 Å². The first-order valence-electron chi connectivity index (χ1n) is 9.19. The van der Waals surface area contributed by atoms with Crippen LogP contribution in [0.2, 0.25) is 0 Å². The van der Waals surface area contributed by atoms with Crippen LogP contribution >= 0.6 is 0 Å². The number of aromatic nitrogens is 4. The van der Waals surface area contributed by atoms with Gasteiger partial charge < -0.3 is 9.88 Å². The summed E-state index contributed by atoms with van der Waals surface area (Å²) in [5, 5.41) is 1.18. The van der Waals surface area contributed by atoms with Crippen LogP contribution < -0.4 is 4.90 Å². The summed E-state index contributed by atoms with van der Waals surface area (Å²) in [5.41, 5.74) is 4.37. The van der Waals surface area contributed by atoms with Crippen molar-refractivity contribution in [2.75, 3.05) is 18.0 Å². The quantitative estimate of drug-likeness (QED) is 0.773. The molecular formula is C20H25N5. The number of H-pyrrole nitrogens is 1. The van der Waals surface area contributed by atoms with Crippen LogP contribution in [-0.2, 0) is 0 Å². The molecular weight excluding hydrogens is 310 g/mol. The molecule has 0 bridgehead atoms. The number of nitrogens with zero attached hydrogens (tertiary/aromatic N) is 4. The number of anilines is 1. The van der Waals surface area contributed by atoms with Crippen LogP contribution in [-0.4, -0.2) is 33.0 Å². The van der Waals surface area contributed by atoms with Gasteiger partial charge in [-0.2, -0.15) is 0 Å². The van der Waals surface area contributed by atoms with Gasteiger partial charge in [0.05, 0.1) is 0 Å². The molecule has 1 atom stereocenters. The maximum Gasteiger partial charge on any atom is 0.139 e. The first-order valence-corrected chi connectivity index (χ1v) is 9.19. The van der Waals surface area contributed by atoms with Gasteiger partial charge >= 0.3 is 0 Å². The molecule has 3 aromatic heterocycles. The summed E-state index contributed by atoms with van der Waals surface area (Å²) in [6.45, 7) is 6.89. The lowest BCUT2D eigenvalue weighted by molar-refractivity contribution is 0.348. The third kappa shape index (κ3) is 3.23. The molecule has 0 spiro atoms. The zero-order valence-electron chi connectivity index (χ0n) is 14.9. The van der Waals surface area contributed by atoms with Crippen molar-refractivity contribution in [1.29, 1.82) is 0 Å². The van der Waals surface area contributed by atoms with Gasteiger partial charge in [-0.1, -0.05) is 13.8 Å². The van der Waals surface area contributed by atoms with Crippen molar-refractivity contribution in [3.8, 4) is 11.1 Å². The van der Waals surface area contributed by atoms with Gasteiger partial charge in [0.2, 0.25) is 0 Å². The van der Waals surface area contributed by atoms with E-state index in [0.29, 0.717) is 0 Å². The Labute approximate surface area is 148 Å². The Hall–Kier alpha value is -2.43. The largest absolute Gasteiger partial charge is 0.371 e. The summed E-state index contributed by atoms with van der Waals surface area (Å²) < 4.78 is 0. The number of aromatic amines is 1. The molecule has 1 fully saturated rings. The highest BCUT2D eigenvalue weighted by Crippen LogP contribution is 2.36. The fraction of sp³-hybridized carbons (Fsp3) is 0.450. The van der Waals surface area contributed by atoms with Crippen LogP contribution in [0.1, 0.15) is 33.1 Å². The maximum absolute atomic E-state index is 4.53. The van der Waals surface area contributed by atoms with Crippen LogP contribution in [0.15, 0.2) is 37.2 Å². The lowest BCUT2D eigenvalue weighted by Crippen LogP contribution is -2.36. The maximum atomic E-state index is 4.53. The van der Waals surface area contributed by atoms with Gasteiger partial charge in [0.15, 0.2) is 0 Å². The summed E-state index contributed by atoms with van der Waals surface area (Å²) in [4.78, 5) is 18.7. The molecule has 130 valence electrons. The van der Waals surface area contributed by atoms with E-state index in [1.165, 1.54) is 30.3 Å². The highest BCUT2D eigenvalue weighted by molar-refractivity contribution is 6.02. The van der Waals surface area contributed by atoms with Gasteiger partial charge in [-0.05, 0) is 37.2 Å². The predicted molar refractivity (Wildman–Crippen MR) is 102 cm³/mol. The molecule has 0 saturated carbocycles. The number of hydrogen-bond donors (Lipinski definition) is 1. The van der Waals surface area contributed by atoms with Crippen LogP contribution in [0, 0.1) is 11.8 Å². The molecule has 0 unspecified atom stereocenters. The minimum atomic E-state index is 0.756. The van der Waals surface area contributed by atoms with Gasteiger partial charge in [0, 0.05) is 60.1 Å². The second-order valence-corrected chi connectivity index (χ2v) is 7.47. The topological polar surface area (TPSA) is 57.7 Å². The van der Waals surface area contributed by atoms with E-state index in [1.54, 1.807) is 6.33 Å². The summed E-state index contributed by atoms with van der Waals surface area (Å²) in [7, 11) is 0. The minimum Gasteiger partial charge on any atom is -0.371 e. The number of pyridine rings is 1. The number of rotatable bonds is 4. The minimum absolute atomic E-state index is 0.756. The van der Waals surface area contributed by atoms with Crippen molar-refractivity contribution in [2.45, 2.75) is 33.1 Å². The molecule has 0 amide bonds. The van der Waals surface area contributed by atoms with E-state index in [4.69, 9.17) is 0 Å². The van der Waals surface area contributed by atoms with Crippen molar-refractivity contribution in [1.82, 2.24) is 19.9 Å².